The van der Waals surface area contributed by atoms with Crippen molar-refractivity contribution in [2.24, 2.45) is 7.05 Å². The van der Waals surface area contributed by atoms with E-state index in [2.05, 4.69) is 32.4 Å². The molecule has 1 N–H and O–H groups in total. The Morgan fingerprint density at radius 2 is 1.97 bits per heavy atom. The van der Waals surface area contributed by atoms with Gasteiger partial charge in [-0.25, -0.2) is 4.98 Å². The number of aromatic nitrogens is 4. The minimum atomic E-state index is -0.277. The number of benzene rings is 1. The van der Waals surface area contributed by atoms with Crippen LogP contribution >= 0.6 is 0 Å². The number of carbonyl (C=O) groups excluding carboxylic acids is 1. The fraction of sp³-hybridized carbons (Fsp3) is 0.400. The summed E-state index contributed by atoms with van der Waals surface area (Å²) >= 11 is 0. The van der Waals surface area contributed by atoms with Gasteiger partial charge in [0.25, 0.3) is 5.56 Å². The van der Waals surface area contributed by atoms with Crippen LogP contribution in [-0.4, -0.2) is 51.5 Å². The zero-order valence-electron chi connectivity index (χ0n) is 16.5. The Morgan fingerprint density at radius 1 is 1.24 bits per heavy atom. The number of rotatable bonds is 5. The predicted octanol–water partition coefficient (Wildman–Crippen LogP) is 0.844. The van der Waals surface area contributed by atoms with Crippen molar-refractivity contribution >= 4 is 22.6 Å². The fourth-order valence-corrected chi connectivity index (χ4v) is 3.50. The van der Waals surface area contributed by atoms with Gasteiger partial charge in [0.05, 0.1) is 25.5 Å². The number of aryl methyl sites for hydroxylation is 1. The first-order valence-corrected chi connectivity index (χ1v) is 9.62. The largest absolute Gasteiger partial charge is 0.378 e. The molecule has 1 unspecified atom stereocenters. The zero-order valence-corrected chi connectivity index (χ0v) is 16.5. The molecule has 1 fully saturated rings. The van der Waals surface area contributed by atoms with E-state index in [0.29, 0.717) is 11.0 Å². The van der Waals surface area contributed by atoms with Crippen LogP contribution in [0.4, 0.5) is 5.69 Å². The Bertz CT molecular complexity index is 1070. The van der Waals surface area contributed by atoms with E-state index >= 15 is 0 Å². The molecule has 9 heteroatoms. The Balaban J connectivity index is 1.40. The van der Waals surface area contributed by atoms with Crippen LogP contribution in [0, 0.1) is 0 Å². The van der Waals surface area contributed by atoms with Crippen LogP contribution in [0.25, 0.3) is 11.0 Å². The van der Waals surface area contributed by atoms with E-state index < -0.39 is 0 Å². The molecule has 0 bridgehead atoms. The van der Waals surface area contributed by atoms with Crippen molar-refractivity contribution in [3.05, 3.63) is 52.7 Å². The van der Waals surface area contributed by atoms with Crippen LogP contribution < -0.4 is 15.8 Å². The maximum atomic E-state index is 12.5. The number of carbonyl (C=O) groups is 1. The number of hydrogen-bond donors (Lipinski definition) is 1. The van der Waals surface area contributed by atoms with Crippen molar-refractivity contribution in [3.8, 4) is 0 Å². The van der Waals surface area contributed by atoms with Gasteiger partial charge in [-0.05, 0) is 24.6 Å². The molecule has 1 saturated heterocycles. The van der Waals surface area contributed by atoms with Gasteiger partial charge in [-0.3, -0.25) is 18.8 Å². The van der Waals surface area contributed by atoms with Crippen molar-refractivity contribution in [2.75, 3.05) is 31.2 Å². The number of nitrogens with zero attached hydrogens (tertiary/aromatic N) is 5. The van der Waals surface area contributed by atoms with Gasteiger partial charge in [0.1, 0.15) is 18.3 Å². The summed E-state index contributed by atoms with van der Waals surface area (Å²) in [6.45, 7) is 5.09. The number of fused-ring (bicyclic) bond motifs is 1. The third-order valence-corrected chi connectivity index (χ3v) is 5.18. The van der Waals surface area contributed by atoms with Crippen LogP contribution in [0.5, 0.6) is 0 Å². The highest BCUT2D eigenvalue weighted by Crippen LogP contribution is 2.20. The van der Waals surface area contributed by atoms with Crippen LogP contribution in [0.1, 0.15) is 18.5 Å². The van der Waals surface area contributed by atoms with Crippen molar-refractivity contribution in [3.63, 3.8) is 0 Å². The summed E-state index contributed by atoms with van der Waals surface area (Å²) in [5.41, 5.74) is 2.38. The Hall–Kier alpha value is -3.20. The SMILES string of the molecule is CC(NC(=O)Cn1cnc2c(cnn2C)c1=O)c1ccc(N2CCOCC2)cc1. The summed E-state index contributed by atoms with van der Waals surface area (Å²) in [4.78, 5) is 31.5. The Morgan fingerprint density at radius 3 is 2.69 bits per heavy atom. The second-order valence-electron chi connectivity index (χ2n) is 7.16. The third kappa shape index (κ3) is 4.00. The zero-order chi connectivity index (χ0) is 20.4. The normalized spacial score (nSPS) is 15.4. The first-order valence-electron chi connectivity index (χ1n) is 9.62. The minimum absolute atomic E-state index is 0.0904. The van der Waals surface area contributed by atoms with E-state index in [9.17, 15) is 9.59 Å². The van der Waals surface area contributed by atoms with Crippen molar-refractivity contribution in [1.29, 1.82) is 0 Å². The average Bonchev–Trinajstić information content (AvgIpc) is 3.12. The molecule has 1 aromatic carbocycles. The molecule has 3 aromatic rings. The van der Waals surface area contributed by atoms with E-state index in [4.69, 9.17) is 4.74 Å². The van der Waals surface area contributed by atoms with Gasteiger partial charge >= 0.3 is 0 Å². The lowest BCUT2D eigenvalue weighted by Crippen LogP contribution is -2.36. The van der Waals surface area contributed by atoms with E-state index in [0.717, 1.165) is 37.6 Å². The van der Waals surface area contributed by atoms with Gasteiger partial charge in [-0.15, -0.1) is 0 Å². The lowest BCUT2D eigenvalue weighted by Gasteiger charge is -2.29. The third-order valence-electron chi connectivity index (χ3n) is 5.18. The quantitative estimate of drug-likeness (QED) is 0.687. The van der Waals surface area contributed by atoms with E-state index in [1.807, 2.05) is 19.1 Å². The lowest BCUT2D eigenvalue weighted by molar-refractivity contribution is -0.122. The summed E-state index contributed by atoms with van der Waals surface area (Å²) in [5, 5.41) is 7.38. The second kappa shape index (κ2) is 8.04. The summed E-state index contributed by atoms with van der Waals surface area (Å²) in [7, 11) is 1.72. The first-order chi connectivity index (χ1) is 14.0. The van der Waals surface area contributed by atoms with Gasteiger partial charge in [-0.1, -0.05) is 12.1 Å². The summed E-state index contributed by atoms with van der Waals surface area (Å²) in [5.74, 6) is -0.248. The van der Waals surface area contributed by atoms with Crippen molar-refractivity contribution in [2.45, 2.75) is 19.5 Å². The van der Waals surface area contributed by atoms with Crippen LogP contribution in [-0.2, 0) is 23.1 Å². The maximum absolute atomic E-state index is 12.5. The number of morpholine rings is 1. The smallest absolute Gasteiger partial charge is 0.264 e. The van der Waals surface area contributed by atoms with Crippen LogP contribution in [0.3, 0.4) is 0 Å². The Labute approximate surface area is 167 Å². The van der Waals surface area contributed by atoms with Crippen LogP contribution in [0.2, 0.25) is 0 Å². The molecule has 4 rings (SSSR count). The van der Waals surface area contributed by atoms with Crippen molar-refractivity contribution in [1.82, 2.24) is 24.6 Å². The molecule has 2 aromatic heterocycles. The molecule has 1 aliphatic rings. The topological polar surface area (TPSA) is 94.3 Å². The van der Waals surface area contributed by atoms with E-state index in [1.54, 1.807) is 7.05 Å². The highest BCUT2D eigenvalue weighted by molar-refractivity contribution is 5.77. The molecule has 1 atom stereocenters. The van der Waals surface area contributed by atoms with Gasteiger partial charge in [0.2, 0.25) is 5.91 Å². The monoisotopic (exact) mass is 396 g/mol. The molecule has 0 saturated carbocycles. The average molecular weight is 396 g/mol. The van der Waals surface area contributed by atoms with Gasteiger partial charge in [0, 0.05) is 25.8 Å². The second-order valence-corrected chi connectivity index (χ2v) is 7.16. The van der Waals surface area contributed by atoms with E-state index in [1.165, 1.54) is 21.8 Å². The van der Waals surface area contributed by atoms with Gasteiger partial charge in [-0.2, -0.15) is 5.10 Å². The lowest BCUT2D eigenvalue weighted by atomic mass is 10.1. The highest BCUT2D eigenvalue weighted by atomic mass is 16.5. The predicted molar refractivity (Wildman–Crippen MR) is 109 cm³/mol. The molecule has 29 heavy (non-hydrogen) atoms. The first kappa shape index (κ1) is 19.1. The van der Waals surface area contributed by atoms with E-state index in [-0.39, 0.29) is 24.1 Å². The highest BCUT2D eigenvalue weighted by Gasteiger charge is 2.15. The van der Waals surface area contributed by atoms with Crippen LogP contribution in [0.15, 0.2) is 41.6 Å². The number of nitrogens with one attached hydrogen (secondary N) is 1. The molecule has 0 spiro atoms. The Kier molecular flexibility index (Phi) is 5.30. The molecule has 1 aliphatic heterocycles. The number of anilines is 1. The number of ether oxygens (including phenoxy) is 1. The fourth-order valence-electron chi connectivity index (χ4n) is 3.50. The number of amides is 1. The molecule has 0 radical (unpaired) electrons. The molecule has 9 nitrogen and oxygen atoms in total. The molecule has 152 valence electrons. The summed E-state index contributed by atoms with van der Waals surface area (Å²) in [6.07, 6.45) is 2.85. The number of hydrogen-bond acceptors (Lipinski definition) is 6. The molecular formula is C20H24N6O3. The standard InChI is InChI=1S/C20H24N6O3/c1-14(15-3-5-16(6-4-15)25-7-9-29-10-8-25)23-18(27)12-26-13-21-19-17(20(26)28)11-22-24(19)2/h3-6,11,13-14H,7-10,12H2,1-2H3,(H,23,27). The summed E-state index contributed by atoms with van der Waals surface area (Å²) in [6, 6.07) is 7.99. The maximum Gasteiger partial charge on any atom is 0.264 e. The molecule has 3 heterocycles. The van der Waals surface area contributed by atoms with Gasteiger partial charge in [0.15, 0.2) is 5.65 Å². The molecule has 0 aliphatic carbocycles. The molecule has 1 amide bonds. The van der Waals surface area contributed by atoms with Crippen molar-refractivity contribution < 1.29 is 9.53 Å². The molecular weight excluding hydrogens is 372 g/mol. The summed E-state index contributed by atoms with van der Waals surface area (Å²) < 4.78 is 8.22. The minimum Gasteiger partial charge on any atom is -0.378 e. The van der Waals surface area contributed by atoms with Gasteiger partial charge < -0.3 is 15.0 Å².